The van der Waals surface area contributed by atoms with Gasteiger partial charge in [0.2, 0.25) is 11.5 Å². The highest BCUT2D eigenvalue weighted by Crippen LogP contribution is 2.40. The van der Waals surface area contributed by atoms with Crippen molar-refractivity contribution in [3.05, 3.63) is 41.5 Å². The van der Waals surface area contributed by atoms with Crippen LogP contribution in [0.4, 0.5) is 0 Å². The maximum Gasteiger partial charge on any atom is 0.206 e. The fourth-order valence-corrected chi connectivity index (χ4v) is 3.65. The van der Waals surface area contributed by atoms with E-state index in [9.17, 15) is 9.90 Å². The topological polar surface area (TPSA) is 107 Å². The normalized spacial score (nSPS) is 12.5. The third kappa shape index (κ3) is 5.13. The first-order chi connectivity index (χ1) is 15.3. The van der Waals surface area contributed by atoms with E-state index in [4.69, 9.17) is 29.1 Å². The highest BCUT2D eigenvalue weighted by molar-refractivity contribution is 6.45. The molecule has 8 heteroatoms. The van der Waals surface area contributed by atoms with Gasteiger partial charge in [0.25, 0.3) is 0 Å². The zero-order valence-electron chi connectivity index (χ0n) is 19.4. The number of carbonyl (C=O) groups excluding carboxylic acids is 1. The number of nitrogens with one attached hydrogen (secondary N) is 1. The lowest BCUT2D eigenvalue weighted by Gasteiger charge is -2.30. The van der Waals surface area contributed by atoms with Gasteiger partial charge in [0, 0.05) is 24.0 Å². The fraction of sp³-hybridized carbons (Fsp3) is 0.417. The molecule has 2 aromatic rings. The van der Waals surface area contributed by atoms with Crippen molar-refractivity contribution in [2.75, 3.05) is 42.2 Å². The van der Waals surface area contributed by atoms with E-state index in [1.54, 1.807) is 20.3 Å². The predicted molar refractivity (Wildman–Crippen MR) is 121 cm³/mol. The molecule has 8 nitrogen and oxygen atoms in total. The minimum absolute atomic E-state index is 0.101. The number of benzene rings is 2. The van der Waals surface area contributed by atoms with Crippen molar-refractivity contribution < 1.29 is 33.6 Å². The van der Waals surface area contributed by atoms with Gasteiger partial charge in [0.05, 0.1) is 41.3 Å². The van der Waals surface area contributed by atoms with Crippen molar-refractivity contribution in [3.63, 3.8) is 0 Å². The number of hydrogen-bond donors (Lipinski definition) is 2. The van der Waals surface area contributed by atoms with Gasteiger partial charge in [-0.25, -0.2) is 0 Å². The third-order valence-corrected chi connectivity index (χ3v) is 5.51. The molecule has 0 radical (unpaired) electrons. The smallest absolute Gasteiger partial charge is 0.206 e. The number of methoxy groups -OCH3 is 5. The Kier molecular flexibility index (Phi) is 8.48. The van der Waals surface area contributed by atoms with Gasteiger partial charge in [-0.1, -0.05) is 13.0 Å². The largest absolute Gasteiger partial charge is 0.493 e. The van der Waals surface area contributed by atoms with Crippen molar-refractivity contribution in [1.82, 2.24) is 0 Å². The van der Waals surface area contributed by atoms with E-state index in [-0.39, 0.29) is 24.3 Å². The molecule has 0 aliphatic heterocycles. The van der Waals surface area contributed by atoms with Crippen LogP contribution in [0.25, 0.3) is 0 Å². The predicted octanol–water partition coefficient (Wildman–Crippen LogP) is 3.66. The number of carbonyl (C=O) groups is 1. The van der Waals surface area contributed by atoms with Gasteiger partial charge in [-0.15, -0.1) is 0 Å². The Labute approximate surface area is 188 Å². The number of Topliss-reactive ketones (excluding diaryl/α,β-unsaturated/α-hetero) is 1. The molecule has 2 N–H and O–H groups in total. The van der Waals surface area contributed by atoms with Crippen LogP contribution in [0.2, 0.25) is 0 Å². The van der Waals surface area contributed by atoms with E-state index in [1.807, 2.05) is 19.1 Å². The summed E-state index contributed by atoms with van der Waals surface area (Å²) in [6.07, 6.45) is 0.464. The number of rotatable bonds is 12. The monoisotopic (exact) mass is 445 g/mol. The Morgan fingerprint density at radius 2 is 1.44 bits per heavy atom. The summed E-state index contributed by atoms with van der Waals surface area (Å²) in [7, 11) is 7.50. The minimum atomic E-state index is -0.679. The van der Waals surface area contributed by atoms with E-state index in [1.165, 1.54) is 33.5 Å². The molecule has 0 saturated heterocycles. The van der Waals surface area contributed by atoms with Crippen molar-refractivity contribution in [3.8, 4) is 28.7 Å². The summed E-state index contributed by atoms with van der Waals surface area (Å²) in [5.41, 5.74) is 0.293. The lowest BCUT2D eigenvalue weighted by molar-refractivity contribution is 0.105. The molecule has 0 aromatic heterocycles. The van der Waals surface area contributed by atoms with Crippen LogP contribution < -0.4 is 23.7 Å². The van der Waals surface area contributed by atoms with Gasteiger partial charge in [-0.05, 0) is 36.2 Å². The Hall–Kier alpha value is -3.26. The summed E-state index contributed by atoms with van der Waals surface area (Å²) < 4.78 is 26.6. The maximum absolute atomic E-state index is 13.1. The van der Waals surface area contributed by atoms with Crippen LogP contribution in [0.3, 0.4) is 0 Å². The zero-order valence-corrected chi connectivity index (χ0v) is 19.4. The molecule has 0 saturated carbocycles. The quantitative estimate of drug-likeness (QED) is 0.379. The summed E-state index contributed by atoms with van der Waals surface area (Å²) in [6, 6.07) is 8.49. The SMILES string of the molecule is COc1ccc(C(C)(CCO)CC(=N)C(=O)c2cc(OC)c(OC)c(OC)c2)cc1OC. The highest BCUT2D eigenvalue weighted by Gasteiger charge is 2.31. The fourth-order valence-electron chi connectivity index (χ4n) is 3.65. The highest BCUT2D eigenvalue weighted by atomic mass is 16.5. The van der Waals surface area contributed by atoms with Gasteiger partial charge in [0.15, 0.2) is 23.0 Å². The molecule has 0 heterocycles. The Morgan fingerprint density at radius 3 is 1.91 bits per heavy atom. The number of aliphatic hydroxyl groups excluding tert-OH is 1. The first-order valence-electron chi connectivity index (χ1n) is 10.0. The van der Waals surface area contributed by atoms with Crippen LogP contribution in [-0.4, -0.2) is 58.8 Å². The number of ketones is 1. The average Bonchev–Trinajstić information content (AvgIpc) is 2.81. The molecule has 174 valence electrons. The third-order valence-electron chi connectivity index (χ3n) is 5.51. The van der Waals surface area contributed by atoms with Crippen molar-refractivity contribution >= 4 is 11.5 Å². The van der Waals surface area contributed by atoms with E-state index in [0.29, 0.717) is 35.2 Å². The zero-order chi connectivity index (χ0) is 23.9. The second kappa shape index (κ2) is 10.9. The van der Waals surface area contributed by atoms with Crippen LogP contribution in [0.5, 0.6) is 28.7 Å². The molecule has 1 unspecified atom stereocenters. The lowest BCUT2D eigenvalue weighted by Crippen LogP contribution is -2.30. The first kappa shape index (κ1) is 25.0. The van der Waals surface area contributed by atoms with Gasteiger partial charge >= 0.3 is 0 Å². The number of aliphatic hydroxyl groups is 1. The van der Waals surface area contributed by atoms with Gasteiger partial charge in [-0.2, -0.15) is 0 Å². The molecule has 0 aliphatic carbocycles. The average molecular weight is 446 g/mol. The molecule has 0 aliphatic rings. The summed E-state index contributed by atoms with van der Waals surface area (Å²) in [4.78, 5) is 13.1. The van der Waals surface area contributed by atoms with E-state index in [2.05, 4.69) is 0 Å². The number of hydrogen-bond acceptors (Lipinski definition) is 8. The summed E-state index contributed by atoms with van der Waals surface area (Å²) in [5.74, 6) is 1.69. The Morgan fingerprint density at radius 1 is 0.875 bits per heavy atom. The summed E-state index contributed by atoms with van der Waals surface area (Å²) in [6.45, 7) is 1.80. The molecule has 2 rings (SSSR count). The molecule has 0 spiro atoms. The molecular weight excluding hydrogens is 414 g/mol. The second-order valence-corrected chi connectivity index (χ2v) is 7.50. The van der Waals surface area contributed by atoms with Crippen LogP contribution in [-0.2, 0) is 5.41 Å². The standard InChI is InChI=1S/C24H31NO7/c1-24(9-10-26,16-7-8-18(28-2)19(13-16)29-3)14-17(25)22(27)15-11-20(30-4)23(32-6)21(12-15)31-5/h7-8,11-13,25-26H,9-10,14H2,1-6H3. The first-order valence-corrected chi connectivity index (χ1v) is 10.0. The van der Waals surface area contributed by atoms with Gasteiger partial charge in [0.1, 0.15) is 0 Å². The van der Waals surface area contributed by atoms with Crippen LogP contribution in [0.15, 0.2) is 30.3 Å². The van der Waals surface area contributed by atoms with Crippen molar-refractivity contribution in [1.29, 1.82) is 5.41 Å². The molecule has 0 amide bonds. The summed E-state index contributed by atoms with van der Waals surface area (Å²) >= 11 is 0. The maximum atomic E-state index is 13.1. The van der Waals surface area contributed by atoms with E-state index >= 15 is 0 Å². The molecule has 2 aromatic carbocycles. The lowest BCUT2D eigenvalue weighted by atomic mass is 9.74. The molecule has 0 fully saturated rings. The van der Waals surface area contributed by atoms with Crippen LogP contribution in [0, 0.1) is 5.41 Å². The van der Waals surface area contributed by atoms with Gasteiger partial charge in [-0.3, -0.25) is 4.79 Å². The number of ether oxygens (including phenoxy) is 5. The molecule has 32 heavy (non-hydrogen) atoms. The Bertz CT molecular complexity index is 948. The van der Waals surface area contributed by atoms with Crippen LogP contribution >= 0.6 is 0 Å². The van der Waals surface area contributed by atoms with Gasteiger partial charge < -0.3 is 34.2 Å². The van der Waals surface area contributed by atoms with Crippen molar-refractivity contribution in [2.24, 2.45) is 0 Å². The van der Waals surface area contributed by atoms with Crippen LogP contribution in [0.1, 0.15) is 35.7 Å². The van der Waals surface area contributed by atoms with E-state index < -0.39 is 11.2 Å². The second-order valence-electron chi connectivity index (χ2n) is 7.50. The molecular formula is C24H31NO7. The molecule has 0 bridgehead atoms. The van der Waals surface area contributed by atoms with Crippen molar-refractivity contribution in [2.45, 2.75) is 25.2 Å². The van der Waals surface area contributed by atoms with E-state index in [0.717, 1.165) is 5.56 Å². The molecule has 1 atom stereocenters. The minimum Gasteiger partial charge on any atom is -0.493 e. The Balaban J connectivity index is 2.40. The summed E-state index contributed by atoms with van der Waals surface area (Å²) in [5, 5.41) is 18.2.